The number of benzene rings is 1. The highest BCUT2D eigenvalue weighted by Gasteiger charge is 2.39. The Balaban J connectivity index is 2.92. The third-order valence-electron chi connectivity index (χ3n) is 1.83. The van der Waals surface area contributed by atoms with Crippen molar-refractivity contribution in [3.05, 3.63) is 35.9 Å². The summed E-state index contributed by atoms with van der Waals surface area (Å²) in [5, 5.41) is 0. The van der Waals surface area contributed by atoms with Gasteiger partial charge in [-0.3, -0.25) is 0 Å². The summed E-state index contributed by atoms with van der Waals surface area (Å²) in [6.07, 6.45) is -4.25. The summed E-state index contributed by atoms with van der Waals surface area (Å²) in [5.41, 5.74) is 5.29. The van der Waals surface area contributed by atoms with Crippen LogP contribution in [0.5, 0.6) is 0 Å². The second-order valence-corrected chi connectivity index (χ2v) is 2.74. The molecule has 0 heterocycles. The molecular formula is C9H10F3N. The van der Waals surface area contributed by atoms with Crippen LogP contribution in [-0.4, -0.2) is 12.7 Å². The second kappa shape index (κ2) is 3.79. The van der Waals surface area contributed by atoms with Crippen LogP contribution in [0.15, 0.2) is 30.3 Å². The van der Waals surface area contributed by atoms with E-state index < -0.39 is 18.6 Å². The van der Waals surface area contributed by atoms with Crippen LogP contribution < -0.4 is 5.73 Å². The average molecular weight is 189 g/mol. The Morgan fingerprint density at radius 3 is 2.08 bits per heavy atom. The Bertz CT molecular complexity index is 255. The normalized spacial score (nSPS) is 14.2. The molecule has 0 saturated heterocycles. The lowest BCUT2D eigenvalue weighted by Crippen LogP contribution is -2.27. The van der Waals surface area contributed by atoms with Crippen molar-refractivity contribution in [2.45, 2.75) is 12.1 Å². The summed E-state index contributed by atoms with van der Waals surface area (Å²) < 4.78 is 37.0. The molecule has 4 heteroatoms. The van der Waals surface area contributed by atoms with Crippen molar-refractivity contribution in [2.24, 2.45) is 5.73 Å². The fourth-order valence-corrected chi connectivity index (χ4v) is 1.14. The van der Waals surface area contributed by atoms with E-state index in [2.05, 4.69) is 0 Å². The fraction of sp³-hybridized carbons (Fsp3) is 0.333. The number of rotatable bonds is 2. The smallest absolute Gasteiger partial charge is 0.330 e. The fourth-order valence-electron chi connectivity index (χ4n) is 1.14. The molecule has 0 bridgehead atoms. The highest BCUT2D eigenvalue weighted by molar-refractivity contribution is 5.21. The summed E-state index contributed by atoms with van der Waals surface area (Å²) in [6.45, 7) is -0.409. The molecule has 2 N–H and O–H groups in total. The largest absolute Gasteiger partial charge is 0.396 e. The molecule has 0 saturated carbocycles. The van der Waals surface area contributed by atoms with Crippen LogP contribution in [0.3, 0.4) is 0 Å². The Hall–Kier alpha value is -1.03. The van der Waals surface area contributed by atoms with E-state index in [0.29, 0.717) is 0 Å². The number of alkyl halides is 3. The highest BCUT2D eigenvalue weighted by atomic mass is 19.4. The van der Waals surface area contributed by atoms with Gasteiger partial charge in [0, 0.05) is 6.54 Å². The zero-order valence-corrected chi connectivity index (χ0v) is 6.88. The van der Waals surface area contributed by atoms with Crippen molar-refractivity contribution >= 4 is 0 Å². The molecular weight excluding hydrogens is 179 g/mol. The minimum Gasteiger partial charge on any atom is -0.330 e. The van der Waals surface area contributed by atoms with E-state index in [1.165, 1.54) is 12.1 Å². The average Bonchev–Trinajstić information content (AvgIpc) is 2.05. The van der Waals surface area contributed by atoms with Gasteiger partial charge in [-0.25, -0.2) is 0 Å². The van der Waals surface area contributed by atoms with Gasteiger partial charge in [0.25, 0.3) is 0 Å². The maximum absolute atomic E-state index is 12.3. The molecule has 0 aliphatic rings. The van der Waals surface area contributed by atoms with Gasteiger partial charge < -0.3 is 5.73 Å². The SMILES string of the molecule is NCC(c1ccccc1)C(F)(F)F. The monoisotopic (exact) mass is 189 g/mol. The summed E-state index contributed by atoms with van der Waals surface area (Å²) in [6, 6.07) is 7.69. The van der Waals surface area contributed by atoms with E-state index in [4.69, 9.17) is 5.73 Å². The predicted octanol–water partition coefficient (Wildman–Crippen LogP) is 2.29. The van der Waals surface area contributed by atoms with Crippen LogP contribution in [0.4, 0.5) is 13.2 Å². The number of hydrogen-bond acceptors (Lipinski definition) is 1. The van der Waals surface area contributed by atoms with Gasteiger partial charge in [0.2, 0.25) is 0 Å². The Kier molecular flexibility index (Phi) is 2.93. The second-order valence-electron chi connectivity index (χ2n) is 2.74. The predicted molar refractivity (Wildman–Crippen MR) is 44.3 cm³/mol. The lowest BCUT2D eigenvalue weighted by atomic mass is 9.99. The van der Waals surface area contributed by atoms with E-state index >= 15 is 0 Å². The Morgan fingerprint density at radius 1 is 1.15 bits per heavy atom. The summed E-state index contributed by atoms with van der Waals surface area (Å²) in [7, 11) is 0. The maximum atomic E-state index is 12.3. The first-order chi connectivity index (χ1) is 6.05. The molecule has 13 heavy (non-hydrogen) atoms. The molecule has 1 aromatic rings. The molecule has 0 aromatic heterocycles. The molecule has 1 aromatic carbocycles. The third-order valence-corrected chi connectivity index (χ3v) is 1.83. The number of halogens is 3. The van der Waals surface area contributed by atoms with Gasteiger partial charge in [-0.1, -0.05) is 30.3 Å². The summed E-state index contributed by atoms with van der Waals surface area (Å²) >= 11 is 0. The van der Waals surface area contributed by atoms with E-state index in [1.54, 1.807) is 18.2 Å². The maximum Gasteiger partial charge on any atom is 0.396 e. The van der Waals surface area contributed by atoms with Crippen molar-refractivity contribution in [3.8, 4) is 0 Å². The highest BCUT2D eigenvalue weighted by Crippen LogP contribution is 2.33. The molecule has 0 radical (unpaired) electrons. The molecule has 1 rings (SSSR count). The van der Waals surface area contributed by atoms with Crippen molar-refractivity contribution in [1.82, 2.24) is 0 Å². The van der Waals surface area contributed by atoms with Crippen molar-refractivity contribution in [2.75, 3.05) is 6.54 Å². The third kappa shape index (κ3) is 2.45. The van der Waals surface area contributed by atoms with Gasteiger partial charge in [-0.2, -0.15) is 13.2 Å². The lowest BCUT2D eigenvalue weighted by molar-refractivity contribution is -0.148. The molecule has 0 aliphatic heterocycles. The first-order valence-corrected chi connectivity index (χ1v) is 3.87. The molecule has 0 aliphatic carbocycles. The first-order valence-electron chi connectivity index (χ1n) is 3.87. The molecule has 0 amide bonds. The van der Waals surface area contributed by atoms with E-state index in [-0.39, 0.29) is 5.56 Å². The molecule has 0 fully saturated rings. The van der Waals surface area contributed by atoms with E-state index in [1.807, 2.05) is 0 Å². The zero-order valence-electron chi connectivity index (χ0n) is 6.88. The summed E-state index contributed by atoms with van der Waals surface area (Å²) in [5.74, 6) is -1.55. The van der Waals surface area contributed by atoms with Crippen LogP contribution >= 0.6 is 0 Å². The van der Waals surface area contributed by atoms with Gasteiger partial charge >= 0.3 is 6.18 Å². The van der Waals surface area contributed by atoms with Crippen molar-refractivity contribution in [1.29, 1.82) is 0 Å². The van der Waals surface area contributed by atoms with Gasteiger partial charge in [0.05, 0.1) is 5.92 Å². The van der Waals surface area contributed by atoms with Gasteiger partial charge in [-0.15, -0.1) is 0 Å². The van der Waals surface area contributed by atoms with Gasteiger partial charge in [0.1, 0.15) is 0 Å². The van der Waals surface area contributed by atoms with Crippen molar-refractivity contribution < 1.29 is 13.2 Å². The minimum absolute atomic E-state index is 0.220. The number of hydrogen-bond donors (Lipinski definition) is 1. The van der Waals surface area contributed by atoms with Crippen LogP contribution in [0.2, 0.25) is 0 Å². The van der Waals surface area contributed by atoms with E-state index in [0.717, 1.165) is 0 Å². The minimum atomic E-state index is -4.25. The molecule has 0 spiro atoms. The molecule has 1 nitrogen and oxygen atoms in total. The standard InChI is InChI=1S/C9H10F3N/c10-9(11,12)8(6-13)7-4-2-1-3-5-7/h1-5,8H,6,13H2. The first kappa shape index (κ1) is 10.1. The molecule has 72 valence electrons. The number of nitrogens with two attached hydrogens (primary N) is 1. The quantitative estimate of drug-likeness (QED) is 0.758. The zero-order chi connectivity index (χ0) is 9.90. The van der Waals surface area contributed by atoms with Gasteiger partial charge in [-0.05, 0) is 5.56 Å². The molecule has 1 atom stereocenters. The van der Waals surface area contributed by atoms with Crippen LogP contribution in [0.1, 0.15) is 11.5 Å². The summed E-state index contributed by atoms with van der Waals surface area (Å²) in [4.78, 5) is 0. The van der Waals surface area contributed by atoms with Crippen molar-refractivity contribution in [3.63, 3.8) is 0 Å². The van der Waals surface area contributed by atoms with Crippen LogP contribution in [0.25, 0.3) is 0 Å². The van der Waals surface area contributed by atoms with E-state index in [9.17, 15) is 13.2 Å². The topological polar surface area (TPSA) is 26.0 Å². The van der Waals surface area contributed by atoms with Crippen LogP contribution in [0, 0.1) is 0 Å². The Morgan fingerprint density at radius 2 is 1.69 bits per heavy atom. The molecule has 1 unspecified atom stereocenters. The lowest BCUT2D eigenvalue weighted by Gasteiger charge is -2.18. The Labute approximate surface area is 74.4 Å². The van der Waals surface area contributed by atoms with Gasteiger partial charge in [0.15, 0.2) is 0 Å². The van der Waals surface area contributed by atoms with Crippen LogP contribution in [-0.2, 0) is 0 Å².